The zero-order chi connectivity index (χ0) is 19.4. The lowest BCUT2D eigenvalue weighted by molar-refractivity contribution is 0.00843. The summed E-state index contributed by atoms with van der Waals surface area (Å²) in [5.41, 5.74) is 10.8. The molecule has 3 rings (SSSR count). The predicted octanol–water partition coefficient (Wildman–Crippen LogP) is 3.79. The van der Waals surface area contributed by atoms with Gasteiger partial charge in [0.15, 0.2) is 0 Å². The zero-order valence-electron chi connectivity index (χ0n) is 17.1. The lowest BCUT2D eigenvalue weighted by Gasteiger charge is -2.32. The van der Waals surface area contributed by atoms with E-state index in [0.29, 0.717) is 13.2 Å². The molecule has 1 amide bonds. The van der Waals surface area contributed by atoms with Crippen molar-refractivity contribution in [3.05, 3.63) is 52.8 Å². The highest BCUT2D eigenvalue weighted by Gasteiger charge is 2.26. The van der Waals surface area contributed by atoms with Crippen LogP contribution in [0.25, 0.3) is 5.69 Å². The lowest BCUT2D eigenvalue weighted by atomic mass is 10.1. The maximum atomic E-state index is 13.1. The molecule has 0 saturated carbocycles. The molecule has 0 radical (unpaired) electrons. The van der Waals surface area contributed by atoms with E-state index in [-0.39, 0.29) is 24.4 Å². The van der Waals surface area contributed by atoms with Crippen LogP contribution in [-0.4, -0.2) is 47.7 Å². The second-order valence-corrected chi connectivity index (χ2v) is 7.41. The monoisotopic (exact) mass is 405 g/mol. The quantitative estimate of drug-likeness (QED) is 0.743. The van der Waals surface area contributed by atoms with Crippen molar-refractivity contribution in [1.82, 2.24) is 9.47 Å². The Hall–Kier alpha value is -1.82. The molecule has 0 aliphatic carbocycles. The normalized spacial score (nSPS) is 14.8. The van der Waals surface area contributed by atoms with E-state index in [1.807, 2.05) is 30.0 Å². The van der Waals surface area contributed by atoms with Crippen LogP contribution in [0.1, 0.15) is 46.6 Å². The van der Waals surface area contributed by atoms with Crippen LogP contribution in [0.3, 0.4) is 0 Å². The molecule has 1 aromatic carbocycles. The van der Waals surface area contributed by atoms with Crippen molar-refractivity contribution in [1.29, 1.82) is 0 Å². The Bertz CT molecular complexity index is 795. The van der Waals surface area contributed by atoms with Gasteiger partial charge in [-0.2, -0.15) is 0 Å². The second kappa shape index (κ2) is 10.1. The summed E-state index contributed by atoms with van der Waals surface area (Å²) in [6.07, 6.45) is 2.93. The minimum absolute atomic E-state index is 0. The summed E-state index contributed by atoms with van der Waals surface area (Å²) in [5.74, 6) is 0.128. The average Bonchev–Trinajstić information content (AvgIpc) is 2.97. The Kier molecular flexibility index (Phi) is 8.10. The molecule has 0 bridgehead atoms. The SMILES string of the molecule is Cc1ccccc1-n1c(C)cc(C(=O)N2CCC(OCCCN)CC2)c1C.Cl. The number of likely N-dealkylation sites (tertiary alicyclic amines) is 1. The zero-order valence-corrected chi connectivity index (χ0v) is 17.9. The van der Waals surface area contributed by atoms with Crippen LogP contribution in [0.2, 0.25) is 0 Å². The number of carbonyl (C=O) groups is 1. The number of hydrogen-bond acceptors (Lipinski definition) is 3. The van der Waals surface area contributed by atoms with E-state index in [0.717, 1.165) is 55.0 Å². The Balaban J connectivity index is 0.00000280. The summed E-state index contributed by atoms with van der Waals surface area (Å²) in [7, 11) is 0. The Morgan fingerprint density at radius 2 is 1.86 bits per heavy atom. The molecular formula is C22H32ClN3O2. The van der Waals surface area contributed by atoms with Crippen molar-refractivity contribution < 1.29 is 9.53 Å². The number of aromatic nitrogens is 1. The number of nitrogens with zero attached hydrogens (tertiary/aromatic N) is 2. The van der Waals surface area contributed by atoms with Gasteiger partial charge in [-0.1, -0.05) is 18.2 Å². The smallest absolute Gasteiger partial charge is 0.255 e. The van der Waals surface area contributed by atoms with Crippen LogP contribution in [0, 0.1) is 20.8 Å². The van der Waals surface area contributed by atoms with E-state index in [1.54, 1.807) is 0 Å². The summed E-state index contributed by atoms with van der Waals surface area (Å²) < 4.78 is 8.04. The lowest BCUT2D eigenvalue weighted by Crippen LogP contribution is -2.41. The first-order valence-electron chi connectivity index (χ1n) is 9.88. The van der Waals surface area contributed by atoms with Gasteiger partial charge >= 0.3 is 0 Å². The highest BCUT2D eigenvalue weighted by Crippen LogP contribution is 2.25. The number of carbonyl (C=O) groups excluding carboxylic acids is 1. The average molecular weight is 406 g/mol. The number of piperidine rings is 1. The molecule has 5 nitrogen and oxygen atoms in total. The number of hydrogen-bond donors (Lipinski definition) is 1. The summed E-state index contributed by atoms with van der Waals surface area (Å²) in [6, 6.07) is 10.3. The van der Waals surface area contributed by atoms with Crippen molar-refractivity contribution in [3.8, 4) is 5.69 Å². The molecule has 1 aromatic heterocycles. The molecule has 2 N–H and O–H groups in total. The van der Waals surface area contributed by atoms with Gasteiger partial charge < -0.3 is 19.9 Å². The van der Waals surface area contributed by atoms with Crippen LogP contribution >= 0.6 is 12.4 Å². The third-order valence-electron chi connectivity index (χ3n) is 5.45. The molecule has 0 atom stereocenters. The highest BCUT2D eigenvalue weighted by molar-refractivity contribution is 5.96. The first-order chi connectivity index (χ1) is 13.0. The van der Waals surface area contributed by atoms with Gasteiger partial charge in [-0.3, -0.25) is 4.79 Å². The van der Waals surface area contributed by atoms with Crippen LogP contribution < -0.4 is 5.73 Å². The maximum Gasteiger partial charge on any atom is 0.255 e. The number of benzene rings is 1. The molecule has 2 heterocycles. The Labute approximate surface area is 174 Å². The van der Waals surface area contributed by atoms with Crippen molar-refractivity contribution in [2.45, 2.75) is 46.1 Å². The van der Waals surface area contributed by atoms with Gasteiger partial charge in [0.05, 0.1) is 11.7 Å². The van der Waals surface area contributed by atoms with E-state index in [9.17, 15) is 4.79 Å². The number of rotatable bonds is 6. The fourth-order valence-corrected chi connectivity index (χ4v) is 3.89. The third kappa shape index (κ3) is 4.77. The third-order valence-corrected chi connectivity index (χ3v) is 5.45. The van der Waals surface area contributed by atoms with Crippen molar-refractivity contribution in [2.75, 3.05) is 26.2 Å². The first-order valence-corrected chi connectivity index (χ1v) is 9.88. The van der Waals surface area contributed by atoms with Crippen LogP contribution in [0.15, 0.2) is 30.3 Å². The molecule has 2 aromatic rings. The fourth-order valence-electron chi connectivity index (χ4n) is 3.89. The second-order valence-electron chi connectivity index (χ2n) is 7.41. The highest BCUT2D eigenvalue weighted by atomic mass is 35.5. The molecule has 154 valence electrons. The topological polar surface area (TPSA) is 60.5 Å². The molecule has 0 spiro atoms. The standard InChI is InChI=1S/C22H31N3O2.ClH/c1-16-7-4-5-8-21(16)25-17(2)15-20(18(25)3)22(26)24-12-9-19(10-13-24)27-14-6-11-23;/h4-5,7-8,15,19H,6,9-14,23H2,1-3H3;1H. The van der Waals surface area contributed by atoms with Crippen molar-refractivity contribution in [3.63, 3.8) is 0 Å². The van der Waals surface area contributed by atoms with E-state index < -0.39 is 0 Å². The molecule has 1 aliphatic rings. The maximum absolute atomic E-state index is 13.1. The van der Waals surface area contributed by atoms with Crippen molar-refractivity contribution >= 4 is 18.3 Å². The van der Waals surface area contributed by atoms with E-state index in [1.165, 1.54) is 5.56 Å². The number of amides is 1. The summed E-state index contributed by atoms with van der Waals surface area (Å²) in [5, 5.41) is 0. The van der Waals surface area contributed by atoms with Crippen LogP contribution in [-0.2, 0) is 4.74 Å². The first kappa shape index (κ1) is 22.5. The van der Waals surface area contributed by atoms with Crippen LogP contribution in [0.4, 0.5) is 0 Å². The Morgan fingerprint density at radius 1 is 1.18 bits per heavy atom. The molecular weight excluding hydrogens is 374 g/mol. The van der Waals surface area contributed by atoms with E-state index in [2.05, 4.69) is 30.5 Å². The van der Waals surface area contributed by atoms with E-state index >= 15 is 0 Å². The number of aryl methyl sites for hydroxylation is 2. The number of para-hydroxylation sites is 1. The molecule has 1 aliphatic heterocycles. The molecule has 1 saturated heterocycles. The minimum Gasteiger partial charge on any atom is -0.378 e. The van der Waals surface area contributed by atoms with Gasteiger partial charge in [0.2, 0.25) is 0 Å². The fraction of sp³-hybridized carbons (Fsp3) is 0.500. The van der Waals surface area contributed by atoms with Crippen LogP contribution in [0.5, 0.6) is 0 Å². The van der Waals surface area contributed by atoms with Gasteiger partial charge in [-0.25, -0.2) is 0 Å². The summed E-state index contributed by atoms with van der Waals surface area (Å²) in [4.78, 5) is 15.1. The summed E-state index contributed by atoms with van der Waals surface area (Å²) in [6.45, 7) is 9.08. The van der Waals surface area contributed by atoms with Gasteiger partial charge in [0, 0.05) is 36.8 Å². The van der Waals surface area contributed by atoms with Gasteiger partial charge in [0.1, 0.15) is 0 Å². The van der Waals surface area contributed by atoms with Gasteiger partial charge in [0.25, 0.3) is 5.91 Å². The number of ether oxygens (including phenoxy) is 1. The van der Waals surface area contributed by atoms with Gasteiger partial charge in [-0.05, 0) is 64.3 Å². The molecule has 6 heteroatoms. The van der Waals surface area contributed by atoms with E-state index in [4.69, 9.17) is 10.5 Å². The summed E-state index contributed by atoms with van der Waals surface area (Å²) >= 11 is 0. The Morgan fingerprint density at radius 3 is 2.50 bits per heavy atom. The molecule has 1 fully saturated rings. The molecule has 28 heavy (non-hydrogen) atoms. The molecule has 0 unspecified atom stereocenters. The number of nitrogens with two attached hydrogens (primary N) is 1. The predicted molar refractivity (Wildman–Crippen MR) is 116 cm³/mol. The minimum atomic E-state index is 0. The van der Waals surface area contributed by atoms with Gasteiger partial charge in [-0.15, -0.1) is 12.4 Å². The largest absolute Gasteiger partial charge is 0.378 e. The number of halogens is 1. The van der Waals surface area contributed by atoms with Crippen molar-refractivity contribution in [2.24, 2.45) is 5.73 Å².